The minimum Gasteiger partial charge on any atom is -0.393 e. The first-order valence-electron chi connectivity index (χ1n) is 6.51. The van der Waals surface area contributed by atoms with Gasteiger partial charge >= 0.3 is 0 Å². The van der Waals surface area contributed by atoms with Gasteiger partial charge in [0.15, 0.2) is 5.96 Å². The average Bonchev–Trinajstić information content (AvgIpc) is 2.72. The molecular weight excluding hydrogens is 218 g/mol. The fourth-order valence-electron chi connectivity index (χ4n) is 2.57. The van der Waals surface area contributed by atoms with Crippen LogP contribution in [-0.2, 0) is 4.74 Å². The maximum Gasteiger partial charge on any atom is 0.191 e. The van der Waals surface area contributed by atoms with Gasteiger partial charge in [0.25, 0.3) is 0 Å². The van der Waals surface area contributed by atoms with E-state index in [0.29, 0.717) is 25.0 Å². The highest BCUT2D eigenvalue weighted by atomic mass is 16.5. The maximum atomic E-state index is 9.71. The molecule has 1 aliphatic carbocycles. The molecule has 0 aromatic rings. The Morgan fingerprint density at radius 1 is 1.53 bits per heavy atom. The van der Waals surface area contributed by atoms with Gasteiger partial charge < -0.3 is 20.5 Å². The molecule has 2 rings (SSSR count). The van der Waals surface area contributed by atoms with Gasteiger partial charge in [-0.25, -0.2) is 0 Å². The third-order valence-corrected chi connectivity index (χ3v) is 3.67. The van der Waals surface area contributed by atoms with Crippen LogP contribution in [0, 0.1) is 5.92 Å². The Morgan fingerprint density at radius 3 is 3.00 bits per heavy atom. The van der Waals surface area contributed by atoms with Gasteiger partial charge in [-0.1, -0.05) is 6.42 Å². The molecule has 3 unspecified atom stereocenters. The lowest BCUT2D eigenvalue weighted by molar-refractivity contribution is 0.00523. The summed E-state index contributed by atoms with van der Waals surface area (Å²) in [5.74, 6) is 0.895. The monoisotopic (exact) mass is 241 g/mol. The largest absolute Gasteiger partial charge is 0.393 e. The van der Waals surface area contributed by atoms with E-state index in [1.165, 1.54) is 0 Å². The maximum absolute atomic E-state index is 9.71. The number of nitrogens with zero attached hydrogens (tertiary/aromatic N) is 2. The van der Waals surface area contributed by atoms with Crippen molar-refractivity contribution in [1.82, 2.24) is 4.90 Å². The summed E-state index contributed by atoms with van der Waals surface area (Å²) in [5, 5.41) is 9.71. The van der Waals surface area contributed by atoms with Crippen molar-refractivity contribution in [2.24, 2.45) is 16.6 Å². The summed E-state index contributed by atoms with van der Waals surface area (Å²) in [4.78, 5) is 6.48. The third kappa shape index (κ3) is 3.33. The van der Waals surface area contributed by atoms with Crippen LogP contribution in [0.4, 0.5) is 0 Å². The van der Waals surface area contributed by atoms with Crippen molar-refractivity contribution in [3.8, 4) is 0 Å². The van der Waals surface area contributed by atoms with Crippen LogP contribution >= 0.6 is 0 Å². The molecule has 3 N–H and O–H groups in total. The lowest BCUT2D eigenvalue weighted by atomic mass is 10.1. The second-order valence-electron chi connectivity index (χ2n) is 5.08. The van der Waals surface area contributed by atoms with Crippen LogP contribution in [0.25, 0.3) is 0 Å². The van der Waals surface area contributed by atoms with Crippen molar-refractivity contribution in [2.75, 3.05) is 26.2 Å². The number of nitrogens with two attached hydrogens (primary N) is 1. The summed E-state index contributed by atoms with van der Waals surface area (Å²) in [6.45, 7) is 5.03. The molecule has 0 bridgehead atoms. The second-order valence-corrected chi connectivity index (χ2v) is 5.08. The SMILES string of the molecule is CC1CN(C(N)=NCC2CCCC2O)CCO1. The fourth-order valence-corrected chi connectivity index (χ4v) is 2.57. The standard InChI is InChI=1S/C12H23N3O2/c1-9-8-15(5-6-17-9)12(13)14-7-10-3-2-4-11(10)16/h9-11,16H,2-8H2,1H3,(H2,13,14). The Hall–Kier alpha value is -0.810. The molecule has 0 aromatic heterocycles. The minimum absolute atomic E-state index is 0.185. The molecule has 17 heavy (non-hydrogen) atoms. The summed E-state index contributed by atoms with van der Waals surface area (Å²) in [6, 6.07) is 0. The van der Waals surface area contributed by atoms with Crippen molar-refractivity contribution < 1.29 is 9.84 Å². The van der Waals surface area contributed by atoms with Crippen molar-refractivity contribution in [1.29, 1.82) is 0 Å². The lowest BCUT2D eigenvalue weighted by Gasteiger charge is -2.32. The Balaban J connectivity index is 1.83. The number of guanidine groups is 1. The number of ether oxygens (including phenoxy) is 1. The first kappa shape index (κ1) is 12.6. The van der Waals surface area contributed by atoms with Crippen LogP contribution in [0.2, 0.25) is 0 Å². The van der Waals surface area contributed by atoms with E-state index in [0.717, 1.165) is 32.4 Å². The number of aliphatic imine (C=N–C) groups is 1. The van der Waals surface area contributed by atoms with Crippen molar-refractivity contribution in [3.63, 3.8) is 0 Å². The number of hydrogen-bond donors (Lipinski definition) is 2. The highest BCUT2D eigenvalue weighted by Crippen LogP contribution is 2.25. The van der Waals surface area contributed by atoms with Crippen molar-refractivity contribution in [2.45, 2.75) is 38.4 Å². The predicted octanol–water partition coefficient (Wildman–Crippen LogP) is 0.183. The van der Waals surface area contributed by atoms with Gasteiger partial charge in [0.2, 0.25) is 0 Å². The highest BCUT2D eigenvalue weighted by Gasteiger charge is 2.25. The molecule has 0 radical (unpaired) electrons. The van der Waals surface area contributed by atoms with Crippen molar-refractivity contribution in [3.05, 3.63) is 0 Å². The van der Waals surface area contributed by atoms with Gasteiger partial charge in [0, 0.05) is 25.6 Å². The number of aliphatic hydroxyl groups excluding tert-OH is 1. The average molecular weight is 241 g/mol. The zero-order valence-electron chi connectivity index (χ0n) is 10.5. The highest BCUT2D eigenvalue weighted by molar-refractivity contribution is 5.78. The quantitative estimate of drug-likeness (QED) is 0.534. The van der Waals surface area contributed by atoms with Gasteiger partial charge in [-0.05, 0) is 19.8 Å². The molecule has 1 aliphatic heterocycles. The van der Waals surface area contributed by atoms with Crippen LogP contribution in [-0.4, -0.2) is 54.4 Å². The normalized spacial score (nSPS) is 35.3. The summed E-state index contributed by atoms with van der Waals surface area (Å²) in [6.07, 6.45) is 3.12. The Labute approximate surface area is 103 Å². The molecule has 3 atom stereocenters. The zero-order chi connectivity index (χ0) is 12.3. The topological polar surface area (TPSA) is 71.1 Å². The van der Waals surface area contributed by atoms with E-state index in [-0.39, 0.29) is 12.2 Å². The molecule has 2 fully saturated rings. The molecule has 0 aromatic carbocycles. The third-order valence-electron chi connectivity index (χ3n) is 3.67. The Bertz CT molecular complexity index is 283. The van der Waals surface area contributed by atoms with Crippen LogP contribution in [0.5, 0.6) is 0 Å². The van der Waals surface area contributed by atoms with E-state index in [9.17, 15) is 5.11 Å². The summed E-state index contributed by atoms with van der Waals surface area (Å²) in [5.41, 5.74) is 5.97. The van der Waals surface area contributed by atoms with Gasteiger partial charge in [0.1, 0.15) is 0 Å². The van der Waals surface area contributed by atoms with E-state index in [4.69, 9.17) is 10.5 Å². The smallest absolute Gasteiger partial charge is 0.191 e. The molecule has 1 saturated heterocycles. The van der Waals surface area contributed by atoms with E-state index >= 15 is 0 Å². The van der Waals surface area contributed by atoms with E-state index in [2.05, 4.69) is 9.89 Å². The van der Waals surface area contributed by atoms with E-state index < -0.39 is 0 Å². The number of rotatable bonds is 2. The zero-order valence-corrected chi connectivity index (χ0v) is 10.5. The molecule has 1 heterocycles. The summed E-state index contributed by atoms with van der Waals surface area (Å²) >= 11 is 0. The van der Waals surface area contributed by atoms with Gasteiger partial charge in [-0.15, -0.1) is 0 Å². The van der Waals surface area contributed by atoms with Gasteiger partial charge in [-0.3, -0.25) is 4.99 Å². The molecule has 0 spiro atoms. The molecule has 2 aliphatic rings. The molecule has 5 heteroatoms. The molecule has 0 amide bonds. The molecule has 1 saturated carbocycles. The predicted molar refractivity (Wildman–Crippen MR) is 66.8 cm³/mol. The van der Waals surface area contributed by atoms with Crippen LogP contribution in [0.1, 0.15) is 26.2 Å². The molecule has 5 nitrogen and oxygen atoms in total. The Morgan fingerprint density at radius 2 is 2.35 bits per heavy atom. The van der Waals surface area contributed by atoms with Crippen LogP contribution in [0.15, 0.2) is 4.99 Å². The molecular formula is C12H23N3O2. The first-order valence-corrected chi connectivity index (χ1v) is 6.51. The summed E-state index contributed by atoms with van der Waals surface area (Å²) in [7, 11) is 0. The van der Waals surface area contributed by atoms with Gasteiger partial charge in [0.05, 0.1) is 18.8 Å². The fraction of sp³-hybridized carbons (Fsp3) is 0.917. The molecule has 98 valence electrons. The lowest BCUT2D eigenvalue weighted by Crippen LogP contribution is -2.48. The van der Waals surface area contributed by atoms with E-state index in [1.54, 1.807) is 0 Å². The Kier molecular flexibility index (Phi) is 4.23. The van der Waals surface area contributed by atoms with Crippen LogP contribution in [0.3, 0.4) is 0 Å². The van der Waals surface area contributed by atoms with E-state index in [1.807, 2.05) is 6.92 Å². The second kappa shape index (κ2) is 5.69. The van der Waals surface area contributed by atoms with Crippen LogP contribution < -0.4 is 5.73 Å². The van der Waals surface area contributed by atoms with Gasteiger partial charge in [-0.2, -0.15) is 0 Å². The summed E-state index contributed by atoms with van der Waals surface area (Å²) < 4.78 is 5.46. The van der Waals surface area contributed by atoms with Crippen molar-refractivity contribution >= 4 is 5.96 Å². The number of morpholine rings is 1. The first-order chi connectivity index (χ1) is 8.16. The minimum atomic E-state index is -0.185. The number of hydrogen-bond acceptors (Lipinski definition) is 3. The number of aliphatic hydroxyl groups is 1.